The second-order valence-corrected chi connectivity index (χ2v) is 8.60. The molecule has 1 aromatic heterocycles. The van der Waals surface area contributed by atoms with Gasteiger partial charge in [0.1, 0.15) is 0 Å². The number of pyridine rings is 1. The van der Waals surface area contributed by atoms with Gasteiger partial charge < -0.3 is 10.6 Å². The molecular formula is C18H21N3O3S. The van der Waals surface area contributed by atoms with Gasteiger partial charge in [-0.05, 0) is 25.0 Å². The Labute approximate surface area is 147 Å². The van der Waals surface area contributed by atoms with E-state index in [1.54, 1.807) is 12.3 Å². The molecule has 1 fully saturated rings. The fraction of sp³-hybridized carbons (Fsp3) is 0.333. The van der Waals surface area contributed by atoms with Crippen LogP contribution in [0.15, 0.2) is 42.7 Å². The number of carbonyl (C=O) groups is 1. The van der Waals surface area contributed by atoms with Gasteiger partial charge in [0.2, 0.25) is 0 Å². The monoisotopic (exact) mass is 359 g/mol. The topological polar surface area (TPSA) is 88.2 Å². The van der Waals surface area contributed by atoms with Gasteiger partial charge >= 0.3 is 0 Å². The van der Waals surface area contributed by atoms with Crippen molar-refractivity contribution in [3.63, 3.8) is 0 Å². The van der Waals surface area contributed by atoms with E-state index in [1.165, 1.54) is 11.8 Å². The van der Waals surface area contributed by atoms with E-state index in [2.05, 4.69) is 15.6 Å². The fourth-order valence-electron chi connectivity index (χ4n) is 2.78. The molecule has 7 heteroatoms. The molecule has 0 radical (unpaired) electrons. The van der Waals surface area contributed by atoms with Crippen molar-refractivity contribution >= 4 is 21.4 Å². The van der Waals surface area contributed by atoms with Crippen LogP contribution in [0.3, 0.4) is 0 Å². The second-order valence-electron chi connectivity index (χ2n) is 6.37. The summed E-state index contributed by atoms with van der Waals surface area (Å²) in [5, 5.41) is 6.02. The van der Waals surface area contributed by atoms with Gasteiger partial charge in [-0.25, -0.2) is 8.42 Å². The van der Waals surface area contributed by atoms with Crippen LogP contribution >= 0.6 is 0 Å². The van der Waals surface area contributed by atoms with Crippen LogP contribution in [0, 0.1) is 6.92 Å². The molecule has 132 valence electrons. The van der Waals surface area contributed by atoms with E-state index in [4.69, 9.17) is 0 Å². The molecule has 6 nitrogen and oxygen atoms in total. The Bertz CT molecular complexity index is 863. The van der Waals surface area contributed by atoms with E-state index in [1.807, 2.05) is 31.2 Å². The molecule has 1 aliphatic heterocycles. The standard InChI is InChI=1S/C18H21N3O3S/c1-13-2-4-14(5-3-13)9-20-18(22)15-8-17(11-19-10-15)21-16-6-7-25(23,24)12-16/h2-5,8,10-11,16,21H,6-7,9,12H2,1H3,(H,20,22). The molecule has 1 atom stereocenters. The van der Waals surface area contributed by atoms with Gasteiger partial charge in [-0.15, -0.1) is 0 Å². The molecule has 3 rings (SSSR count). The maximum atomic E-state index is 12.3. The SMILES string of the molecule is Cc1ccc(CNC(=O)c2cncc(NC3CCS(=O)(=O)C3)c2)cc1. The van der Waals surface area contributed by atoms with Crippen LogP contribution < -0.4 is 10.6 Å². The third-order valence-electron chi connectivity index (χ3n) is 4.18. The summed E-state index contributed by atoms with van der Waals surface area (Å²) in [5.41, 5.74) is 3.30. The highest BCUT2D eigenvalue weighted by Crippen LogP contribution is 2.17. The minimum absolute atomic E-state index is 0.122. The Kier molecular flexibility index (Phi) is 5.03. The summed E-state index contributed by atoms with van der Waals surface area (Å²) in [7, 11) is -2.95. The molecule has 2 aromatic rings. The summed E-state index contributed by atoms with van der Waals surface area (Å²) < 4.78 is 23.1. The zero-order valence-corrected chi connectivity index (χ0v) is 14.8. The van der Waals surface area contributed by atoms with Gasteiger partial charge in [0, 0.05) is 25.0 Å². The van der Waals surface area contributed by atoms with E-state index in [9.17, 15) is 13.2 Å². The Morgan fingerprint density at radius 3 is 2.68 bits per heavy atom. The van der Waals surface area contributed by atoms with Gasteiger partial charge in [0.25, 0.3) is 5.91 Å². The first-order valence-electron chi connectivity index (χ1n) is 8.17. The lowest BCUT2D eigenvalue weighted by Crippen LogP contribution is -2.24. The van der Waals surface area contributed by atoms with Crippen LogP contribution in [0.1, 0.15) is 27.9 Å². The summed E-state index contributed by atoms with van der Waals surface area (Å²) in [6.45, 7) is 2.46. The highest BCUT2D eigenvalue weighted by molar-refractivity contribution is 7.91. The van der Waals surface area contributed by atoms with Crippen LogP contribution in [0.25, 0.3) is 0 Å². The lowest BCUT2D eigenvalue weighted by Gasteiger charge is -2.13. The molecule has 1 unspecified atom stereocenters. The predicted molar refractivity (Wildman–Crippen MR) is 97.3 cm³/mol. The molecule has 1 aromatic carbocycles. The van der Waals surface area contributed by atoms with Crippen molar-refractivity contribution < 1.29 is 13.2 Å². The number of aromatic nitrogens is 1. The molecule has 2 N–H and O–H groups in total. The number of anilines is 1. The van der Waals surface area contributed by atoms with Crippen molar-refractivity contribution in [1.82, 2.24) is 10.3 Å². The fourth-order valence-corrected chi connectivity index (χ4v) is 4.45. The molecule has 1 amide bonds. The largest absolute Gasteiger partial charge is 0.380 e. The Balaban J connectivity index is 1.60. The number of carbonyl (C=O) groups excluding carboxylic acids is 1. The molecule has 2 heterocycles. The molecular weight excluding hydrogens is 338 g/mol. The maximum absolute atomic E-state index is 12.3. The third-order valence-corrected chi connectivity index (χ3v) is 5.95. The van der Waals surface area contributed by atoms with Crippen molar-refractivity contribution in [2.75, 3.05) is 16.8 Å². The van der Waals surface area contributed by atoms with Crippen LogP contribution in [-0.2, 0) is 16.4 Å². The summed E-state index contributed by atoms with van der Waals surface area (Å²) in [4.78, 5) is 16.4. The average Bonchev–Trinajstić information content (AvgIpc) is 2.93. The molecule has 0 bridgehead atoms. The Morgan fingerprint density at radius 1 is 1.24 bits per heavy atom. The van der Waals surface area contributed by atoms with Crippen molar-refractivity contribution in [2.24, 2.45) is 0 Å². The average molecular weight is 359 g/mol. The zero-order valence-electron chi connectivity index (χ0n) is 14.0. The smallest absolute Gasteiger partial charge is 0.253 e. The maximum Gasteiger partial charge on any atom is 0.253 e. The van der Waals surface area contributed by atoms with Crippen LogP contribution in [-0.4, -0.2) is 36.9 Å². The van der Waals surface area contributed by atoms with E-state index in [-0.39, 0.29) is 23.5 Å². The number of amides is 1. The Hall–Kier alpha value is -2.41. The number of aryl methyl sites for hydroxylation is 1. The zero-order chi connectivity index (χ0) is 17.9. The normalized spacial score (nSPS) is 18.7. The number of benzene rings is 1. The van der Waals surface area contributed by atoms with Gasteiger partial charge in [0.05, 0.1) is 22.8 Å². The van der Waals surface area contributed by atoms with Crippen molar-refractivity contribution in [2.45, 2.75) is 25.9 Å². The van der Waals surface area contributed by atoms with Crippen LogP contribution in [0.5, 0.6) is 0 Å². The first-order chi connectivity index (χ1) is 11.9. The lowest BCUT2D eigenvalue weighted by molar-refractivity contribution is 0.0950. The van der Waals surface area contributed by atoms with E-state index in [0.717, 1.165) is 5.56 Å². The first kappa shape index (κ1) is 17.4. The minimum atomic E-state index is -2.95. The summed E-state index contributed by atoms with van der Waals surface area (Å²) >= 11 is 0. The number of hydrogen-bond acceptors (Lipinski definition) is 5. The molecule has 0 spiro atoms. The van der Waals surface area contributed by atoms with Crippen LogP contribution in [0.2, 0.25) is 0 Å². The number of nitrogens with zero attached hydrogens (tertiary/aromatic N) is 1. The number of rotatable bonds is 5. The summed E-state index contributed by atoms with van der Waals surface area (Å²) in [5.74, 6) is 0.113. The van der Waals surface area contributed by atoms with Crippen LogP contribution in [0.4, 0.5) is 5.69 Å². The van der Waals surface area contributed by atoms with Crippen molar-refractivity contribution in [1.29, 1.82) is 0 Å². The number of nitrogens with one attached hydrogen (secondary N) is 2. The van der Waals surface area contributed by atoms with Gasteiger partial charge in [-0.2, -0.15) is 0 Å². The quantitative estimate of drug-likeness (QED) is 0.851. The van der Waals surface area contributed by atoms with Gasteiger partial charge in [0.15, 0.2) is 9.84 Å². The van der Waals surface area contributed by atoms with Crippen molar-refractivity contribution in [3.05, 3.63) is 59.4 Å². The lowest BCUT2D eigenvalue weighted by atomic mass is 10.1. The molecule has 1 aliphatic rings. The molecule has 25 heavy (non-hydrogen) atoms. The molecule has 0 saturated carbocycles. The predicted octanol–water partition coefficient (Wildman–Crippen LogP) is 1.92. The van der Waals surface area contributed by atoms with E-state index >= 15 is 0 Å². The van der Waals surface area contributed by atoms with E-state index < -0.39 is 9.84 Å². The van der Waals surface area contributed by atoms with E-state index in [0.29, 0.717) is 24.2 Å². The number of sulfone groups is 1. The third kappa shape index (κ3) is 4.79. The molecule has 0 aliphatic carbocycles. The summed E-state index contributed by atoms with van der Waals surface area (Å²) in [6.07, 6.45) is 3.68. The highest BCUT2D eigenvalue weighted by atomic mass is 32.2. The molecule has 1 saturated heterocycles. The highest BCUT2D eigenvalue weighted by Gasteiger charge is 2.27. The minimum Gasteiger partial charge on any atom is -0.380 e. The summed E-state index contributed by atoms with van der Waals surface area (Å²) in [6, 6.07) is 9.53. The van der Waals surface area contributed by atoms with Gasteiger partial charge in [-0.1, -0.05) is 29.8 Å². The Morgan fingerprint density at radius 2 is 2.00 bits per heavy atom. The first-order valence-corrected chi connectivity index (χ1v) is 9.99. The van der Waals surface area contributed by atoms with Crippen molar-refractivity contribution in [3.8, 4) is 0 Å². The number of hydrogen-bond donors (Lipinski definition) is 2. The van der Waals surface area contributed by atoms with Gasteiger partial charge in [-0.3, -0.25) is 9.78 Å². The second kappa shape index (κ2) is 7.23.